The van der Waals surface area contributed by atoms with Crippen LogP contribution in [0.5, 0.6) is 11.6 Å². The number of halogens is 3. The Kier molecular flexibility index (Phi) is 6.67. The molecule has 1 fully saturated rings. The number of carbonyl (C=O) groups is 1. The molecule has 0 radical (unpaired) electrons. The highest BCUT2D eigenvalue weighted by molar-refractivity contribution is 9.28. The molecule has 8 heteroatoms. The summed E-state index contributed by atoms with van der Waals surface area (Å²) in [4.78, 5) is 17.0. The SMILES string of the molecule is CC1(C)C(C=C(Br)Br)C1C(=O)OC(C#N)c1cccc(Oc2ccc(Cl)cc2)n1. The van der Waals surface area contributed by atoms with Crippen LogP contribution in [0.3, 0.4) is 0 Å². The number of nitriles is 1. The normalized spacial score (nSPS) is 20.1. The van der Waals surface area contributed by atoms with Crippen LogP contribution in [-0.4, -0.2) is 11.0 Å². The van der Waals surface area contributed by atoms with E-state index in [1.54, 1.807) is 42.5 Å². The lowest BCUT2D eigenvalue weighted by atomic mass is 10.1. The summed E-state index contributed by atoms with van der Waals surface area (Å²) in [5.41, 5.74) is 0.0659. The van der Waals surface area contributed by atoms with Crippen LogP contribution in [-0.2, 0) is 9.53 Å². The summed E-state index contributed by atoms with van der Waals surface area (Å²) in [6.45, 7) is 3.98. The second kappa shape index (κ2) is 8.86. The lowest BCUT2D eigenvalue weighted by Gasteiger charge is -2.12. The molecule has 0 bridgehead atoms. The molecule has 1 aliphatic carbocycles. The van der Waals surface area contributed by atoms with Gasteiger partial charge in [-0.2, -0.15) is 5.26 Å². The van der Waals surface area contributed by atoms with Gasteiger partial charge >= 0.3 is 5.97 Å². The van der Waals surface area contributed by atoms with Crippen molar-refractivity contribution >= 4 is 49.4 Å². The third kappa shape index (κ3) is 5.19. The van der Waals surface area contributed by atoms with Gasteiger partial charge < -0.3 is 9.47 Å². The van der Waals surface area contributed by atoms with E-state index in [1.807, 2.05) is 26.0 Å². The summed E-state index contributed by atoms with van der Waals surface area (Å²) in [6, 6.07) is 13.8. The minimum Gasteiger partial charge on any atom is -0.440 e. The quantitative estimate of drug-likeness (QED) is 0.389. The first kappa shape index (κ1) is 21.8. The zero-order chi connectivity index (χ0) is 21.2. The number of aromatic nitrogens is 1. The molecule has 5 nitrogen and oxygen atoms in total. The van der Waals surface area contributed by atoms with E-state index in [2.05, 4.69) is 36.8 Å². The van der Waals surface area contributed by atoms with Crippen molar-refractivity contribution in [1.82, 2.24) is 4.98 Å². The van der Waals surface area contributed by atoms with Crippen LogP contribution in [0, 0.1) is 28.6 Å². The van der Waals surface area contributed by atoms with Crippen LogP contribution in [0.15, 0.2) is 51.9 Å². The maximum atomic E-state index is 12.7. The van der Waals surface area contributed by atoms with Gasteiger partial charge in [-0.3, -0.25) is 4.79 Å². The minimum absolute atomic E-state index is 0.0237. The molecule has 1 aromatic heterocycles. The third-order valence-corrected chi connectivity index (χ3v) is 5.65. The lowest BCUT2D eigenvalue weighted by molar-refractivity contribution is -0.149. The van der Waals surface area contributed by atoms with Gasteiger partial charge in [-0.05, 0) is 73.5 Å². The Morgan fingerprint density at radius 1 is 1.28 bits per heavy atom. The van der Waals surface area contributed by atoms with Gasteiger partial charge in [-0.25, -0.2) is 4.98 Å². The van der Waals surface area contributed by atoms with Crippen molar-refractivity contribution in [3.8, 4) is 17.7 Å². The lowest BCUT2D eigenvalue weighted by Crippen LogP contribution is -2.15. The average Bonchev–Trinajstić information content (AvgIpc) is 3.21. The molecule has 3 rings (SSSR count). The molecule has 3 atom stereocenters. The third-order valence-electron chi connectivity index (χ3n) is 4.87. The Morgan fingerprint density at radius 3 is 2.59 bits per heavy atom. The van der Waals surface area contributed by atoms with Crippen molar-refractivity contribution in [3.63, 3.8) is 0 Å². The minimum atomic E-state index is -1.12. The maximum Gasteiger partial charge on any atom is 0.311 e. The Labute approximate surface area is 190 Å². The number of allylic oxidation sites excluding steroid dienone is 1. The van der Waals surface area contributed by atoms with E-state index < -0.39 is 12.1 Å². The van der Waals surface area contributed by atoms with Gasteiger partial charge in [-0.15, -0.1) is 0 Å². The summed E-state index contributed by atoms with van der Waals surface area (Å²) >= 11 is 12.5. The van der Waals surface area contributed by atoms with Gasteiger partial charge in [-0.1, -0.05) is 37.6 Å². The average molecular weight is 541 g/mol. The first-order valence-electron chi connectivity index (χ1n) is 8.75. The molecule has 1 saturated carbocycles. The second-order valence-electron chi connectivity index (χ2n) is 7.18. The first-order valence-corrected chi connectivity index (χ1v) is 10.7. The van der Waals surface area contributed by atoms with Crippen molar-refractivity contribution < 1.29 is 14.3 Å². The van der Waals surface area contributed by atoms with Gasteiger partial charge in [0.1, 0.15) is 11.8 Å². The number of esters is 1. The van der Waals surface area contributed by atoms with Crippen molar-refractivity contribution in [2.75, 3.05) is 0 Å². The van der Waals surface area contributed by atoms with Gasteiger partial charge in [0, 0.05) is 11.1 Å². The molecule has 0 saturated heterocycles. The maximum absolute atomic E-state index is 12.7. The van der Waals surface area contributed by atoms with Gasteiger partial charge in [0.15, 0.2) is 0 Å². The molecule has 0 aliphatic heterocycles. The van der Waals surface area contributed by atoms with Crippen molar-refractivity contribution in [3.05, 3.63) is 62.6 Å². The molecule has 150 valence electrons. The predicted molar refractivity (Wildman–Crippen MR) is 117 cm³/mol. The smallest absolute Gasteiger partial charge is 0.311 e. The number of hydrogen-bond donors (Lipinski definition) is 0. The highest BCUT2D eigenvalue weighted by atomic mass is 79.9. The Bertz CT molecular complexity index is 982. The van der Waals surface area contributed by atoms with E-state index in [-0.39, 0.29) is 23.1 Å². The Hall–Kier alpha value is -1.88. The van der Waals surface area contributed by atoms with Gasteiger partial charge in [0.2, 0.25) is 12.0 Å². The molecule has 2 aromatic rings. The molecule has 29 heavy (non-hydrogen) atoms. The van der Waals surface area contributed by atoms with E-state index in [9.17, 15) is 10.1 Å². The molecule has 1 heterocycles. The monoisotopic (exact) mass is 538 g/mol. The zero-order valence-electron chi connectivity index (χ0n) is 15.6. The number of ether oxygens (including phenoxy) is 2. The van der Waals surface area contributed by atoms with Crippen molar-refractivity contribution in [2.24, 2.45) is 17.3 Å². The van der Waals surface area contributed by atoms with Crippen molar-refractivity contribution in [2.45, 2.75) is 20.0 Å². The summed E-state index contributed by atoms with van der Waals surface area (Å²) in [5.74, 6) is 0.124. The second-order valence-corrected chi connectivity index (χ2v) is 10.4. The number of hydrogen-bond acceptors (Lipinski definition) is 5. The zero-order valence-corrected chi connectivity index (χ0v) is 19.5. The fourth-order valence-corrected chi connectivity index (χ4v) is 3.87. The van der Waals surface area contributed by atoms with E-state index in [0.717, 1.165) is 3.39 Å². The summed E-state index contributed by atoms with van der Waals surface area (Å²) in [5, 5.41) is 10.1. The van der Waals surface area contributed by atoms with E-state index >= 15 is 0 Å². The predicted octanol–water partition coefficient (Wildman–Crippen LogP) is 6.54. The summed E-state index contributed by atoms with van der Waals surface area (Å²) in [7, 11) is 0. The number of carbonyl (C=O) groups excluding carboxylic acids is 1. The van der Waals surface area contributed by atoms with Crippen LogP contribution in [0.1, 0.15) is 25.6 Å². The standard InChI is InChI=1S/C21H17Br2ClN2O3/c1-21(2)14(10-17(22)23)19(21)20(27)29-16(11-25)15-4-3-5-18(26-15)28-13-8-6-12(24)7-9-13/h3-10,14,16,19H,1-2H3. The van der Waals surface area contributed by atoms with Crippen LogP contribution < -0.4 is 4.74 Å². The van der Waals surface area contributed by atoms with Crippen LogP contribution >= 0.6 is 43.5 Å². The molecule has 1 aromatic carbocycles. The van der Waals surface area contributed by atoms with E-state index in [4.69, 9.17) is 21.1 Å². The summed E-state index contributed by atoms with van der Waals surface area (Å²) in [6.07, 6.45) is 0.802. The Balaban J connectivity index is 1.72. The van der Waals surface area contributed by atoms with E-state index in [1.165, 1.54) is 0 Å². The fourth-order valence-electron chi connectivity index (χ4n) is 3.17. The van der Waals surface area contributed by atoms with Crippen LogP contribution in [0.4, 0.5) is 0 Å². The number of rotatable bonds is 6. The molecular weight excluding hydrogens is 524 g/mol. The summed E-state index contributed by atoms with van der Waals surface area (Å²) < 4.78 is 12.0. The van der Waals surface area contributed by atoms with Crippen molar-refractivity contribution in [1.29, 1.82) is 5.26 Å². The molecule has 0 N–H and O–H groups in total. The number of benzene rings is 1. The van der Waals surface area contributed by atoms with Gasteiger partial charge in [0.05, 0.1) is 15.0 Å². The topological polar surface area (TPSA) is 72.2 Å². The van der Waals surface area contributed by atoms with Crippen LogP contribution in [0.25, 0.3) is 0 Å². The molecular formula is C21H17Br2ClN2O3. The van der Waals surface area contributed by atoms with E-state index in [0.29, 0.717) is 16.5 Å². The number of nitrogens with zero attached hydrogens (tertiary/aromatic N) is 2. The first-order chi connectivity index (χ1) is 13.7. The number of pyridine rings is 1. The fraction of sp³-hybridized carbons (Fsp3) is 0.286. The van der Waals surface area contributed by atoms with Gasteiger partial charge in [0.25, 0.3) is 0 Å². The highest BCUT2D eigenvalue weighted by Crippen LogP contribution is 2.60. The molecule has 0 amide bonds. The highest BCUT2D eigenvalue weighted by Gasteiger charge is 2.61. The van der Waals surface area contributed by atoms with Crippen LogP contribution in [0.2, 0.25) is 5.02 Å². The molecule has 1 aliphatic rings. The molecule has 0 spiro atoms. The Morgan fingerprint density at radius 2 is 1.97 bits per heavy atom. The largest absolute Gasteiger partial charge is 0.440 e. The molecule has 3 unspecified atom stereocenters.